The maximum atomic E-state index is 12.5. The van der Waals surface area contributed by atoms with Crippen LogP contribution in [-0.4, -0.2) is 73.4 Å². The van der Waals surface area contributed by atoms with Crippen molar-refractivity contribution in [1.82, 2.24) is 9.80 Å². The number of aliphatic hydroxyl groups excluding tert-OH is 1. The second-order valence-electron chi connectivity index (χ2n) is 15.5. The molecule has 0 radical (unpaired) electrons. The summed E-state index contributed by atoms with van der Waals surface area (Å²) in [6.45, 7) is 13.8. The predicted octanol–water partition coefficient (Wildman–Crippen LogP) is 11.0. The van der Waals surface area contributed by atoms with Crippen molar-refractivity contribution in [2.24, 2.45) is 5.92 Å². The minimum atomic E-state index is -0.130. The highest BCUT2D eigenvalue weighted by molar-refractivity contribution is 5.69. The number of carbonyl (C=O) groups excluding carboxylic acids is 1. The SMILES string of the molecule is CCCCCCCCCCCCCCCc1cc(OCC(CC)CCCC)cc(-c2ccc(COC(=O)CCCN3CCN(CCO)CC3)cc2)c1. The van der Waals surface area contributed by atoms with Crippen LogP contribution in [0.1, 0.15) is 154 Å². The molecule has 1 aliphatic heterocycles. The molecule has 1 fully saturated rings. The minimum Gasteiger partial charge on any atom is -0.493 e. The highest BCUT2D eigenvalue weighted by Gasteiger charge is 2.16. The number of unbranched alkanes of at least 4 members (excludes halogenated alkanes) is 13. The summed E-state index contributed by atoms with van der Waals surface area (Å²) < 4.78 is 12.1. The van der Waals surface area contributed by atoms with Crippen LogP contribution in [0.2, 0.25) is 0 Å². The van der Waals surface area contributed by atoms with E-state index in [-0.39, 0.29) is 12.6 Å². The average Bonchev–Trinajstić information content (AvgIpc) is 3.17. The van der Waals surface area contributed by atoms with E-state index in [4.69, 9.17) is 14.6 Å². The summed E-state index contributed by atoms with van der Waals surface area (Å²) in [5.74, 6) is 1.46. The minimum absolute atomic E-state index is 0.130. The molecule has 6 nitrogen and oxygen atoms in total. The van der Waals surface area contributed by atoms with Gasteiger partial charge in [0.1, 0.15) is 12.4 Å². The van der Waals surface area contributed by atoms with Gasteiger partial charge in [-0.25, -0.2) is 0 Å². The van der Waals surface area contributed by atoms with Crippen molar-refractivity contribution in [2.75, 3.05) is 52.5 Å². The van der Waals surface area contributed by atoms with Crippen molar-refractivity contribution in [3.63, 3.8) is 0 Å². The highest BCUT2D eigenvalue weighted by atomic mass is 16.5. The lowest BCUT2D eigenvalue weighted by Crippen LogP contribution is -2.47. The largest absolute Gasteiger partial charge is 0.493 e. The van der Waals surface area contributed by atoms with Crippen molar-refractivity contribution in [1.29, 1.82) is 0 Å². The van der Waals surface area contributed by atoms with Crippen molar-refractivity contribution in [3.8, 4) is 16.9 Å². The average molecular weight is 721 g/mol. The fourth-order valence-electron chi connectivity index (χ4n) is 7.37. The van der Waals surface area contributed by atoms with Crippen molar-refractivity contribution < 1.29 is 19.4 Å². The van der Waals surface area contributed by atoms with E-state index < -0.39 is 0 Å². The zero-order valence-corrected chi connectivity index (χ0v) is 33.7. The summed E-state index contributed by atoms with van der Waals surface area (Å²) in [4.78, 5) is 17.2. The Bertz CT molecular complexity index is 1180. The summed E-state index contributed by atoms with van der Waals surface area (Å²) in [5.41, 5.74) is 4.74. The standard InChI is InChI=1S/C46H76N2O4/c1-4-7-9-10-11-12-13-14-15-16-17-18-19-22-42-35-44(37-45(36-42)51-38-40(6-3)21-8-5-2)43-26-24-41(25-27-43)39-52-46(50)23-20-28-47-29-31-48(32-30-47)33-34-49/h24-27,35-37,40,49H,4-23,28-34,38-39H2,1-3H3. The Balaban J connectivity index is 1.45. The third kappa shape index (κ3) is 19.1. The number of rotatable bonds is 30. The van der Waals surface area contributed by atoms with Gasteiger partial charge in [-0.05, 0) is 72.5 Å². The van der Waals surface area contributed by atoms with E-state index in [1.807, 2.05) is 0 Å². The maximum Gasteiger partial charge on any atom is 0.306 e. The van der Waals surface area contributed by atoms with E-state index in [9.17, 15) is 4.79 Å². The summed E-state index contributed by atoms with van der Waals surface area (Å²) in [7, 11) is 0. The van der Waals surface area contributed by atoms with Gasteiger partial charge in [-0.15, -0.1) is 0 Å². The van der Waals surface area contributed by atoms with Crippen LogP contribution in [0.4, 0.5) is 0 Å². The summed E-state index contributed by atoms with van der Waals surface area (Å²) in [5, 5.41) is 9.14. The molecule has 1 atom stereocenters. The molecule has 0 saturated carbocycles. The molecule has 0 aliphatic carbocycles. The molecule has 52 heavy (non-hydrogen) atoms. The number of benzene rings is 2. The smallest absolute Gasteiger partial charge is 0.306 e. The van der Waals surface area contributed by atoms with E-state index in [1.165, 1.54) is 119 Å². The van der Waals surface area contributed by atoms with Crippen molar-refractivity contribution in [2.45, 2.75) is 156 Å². The number of esters is 1. The number of aryl methyl sites for hydroxylation is 1. The molecule has 294 valence electrons. The van der Waals surface area contributed by atoms with Gasteiger partial charge in [0.25, 0.3) is 0 Å². The molecular weight excluding hydrogens is 645 g/mol. The Morgan fingerprint density at radius 2 is 1.27 bits per heavy atom. The van der Waals surface area contributed by atoms with Gasteiger partial charge in [0.15, 0.2) is 0 Å². The number of ether oxygens (including phenoxy) is 2. The molecule has 2 aromatic carbocycles. The summed E-state index contributed by atoms with van der Waals surface area (Å²) in [6, 6.07) is 15.3. The molecule has 0 bridgehead atoms. The van der Waals surface area contributed by atoms with Gasteiger partial charge in [0, 0.05) is 39.1 Å². The molecule has 1 heterocycles. The lowest BCUT2D eigenvalue weighted by atomic mass is 9.98. The predicted molar refractivity (Wildman–Crippen MR) is 219 cm³/mol. The monoisotopic (exact) mass is 721 g/mol. The van der Waals surface area contributed by atoms with Gasteiger partial charge < -0.3 is 19.5 Å². The van der Waals surface area contributed by atoms with Crippen LogP contribution in [0.3, 0.4) is 0 Å². The molecule has 6 heteroatoms. The summed E-state index contributed by atoms with van der Waals surface area (Å²) >= 11 is 0. The van der Waals surface area contributed by atoms with Gasteiger partial charge in [-0.2, -0.15) is 0 Å². The summed E-state index contributed by atoms with van der Waals surface area (Å²) in [6.07, 6.45) is 25.1. The number of carbonyl (C=O) groups is 1. The van der Waals surface area contributed by atoms with Crippen LogP contribution in [-0.2, 0) is 22.6 Å². The van der Waals surface area contributed by atoms with Gasteiger partial charge in [0.2, 0.25) is 0 Å². The molecular formula is C46H76N2O4. The van der Waals surface area contributed by atoms with Crippen molar-refractivity contribution in [3.05, 3.63) is 53.6 Å². The Morgan fingerprint density at radius 3 is 1.87 bits per heavy atom. The normalized spacial score (nSPS) is 14.5. The lowest BCUT2D eigenvalue weighted by molar-refractivity contribution is -0.145. The molecule has 3 rings (SSSR count). The number of hydrogen-bond donors (Lipinski definition) is 1. The Kier molecular flexibility index (Phi) is 23.8. The molecule has 0 amide bonds. The first-order valence-corrected chi connectivity index (χ1v) is 21.6. The fourth-order valence-corrected chi connectivity index (χ4v) is 7.37. The van der Waals surface area contributed by atoms with Gasteiger partial charge in [-0.3, -0.25) is 9.69 Å². The molecule has 2 aromatic rings. The first-order valence-electron chi connectivity index (χ1n) is 21.6. The maximum absolute atomic E-state index is 12.5. The number of piperazine rings is 1. The van der Waals surface area contributed by atoms with E-state index in [0.717, 1.165) is 76.5 Å². The molecule has 1 unspecified atom stereocenters. The Morgan fingerprint density at radius 1 is 0.673 bits per heavy atom. The molecule has 1 N–H and O–H groups in total. The van der Waals surface area contributed by atoms with Crippen LogP contribution < -0.4 is 4.74 Å². The second-order valence-corrected chi connectivity index (χ2v) is 15.5. The number of aliphatic hydroxyl groups is 1. The number of hydrogen-bond acceptors (Lipinski definition) is 6. The number of nitrogens with zero attached hydrogens (tertiary/aromatic N) is 2. The van der Waals surface area contributed by atoms with Gasteiger partial charge >= 0.3 is 5.97 Å². The third-order valence-electron chi connectivity index (χ3n) is 11.0. The van der Waals surface area contributed by atoms with E-state index in [1.54, 1.807) is 0 Å². The zero-order valence-electron chi connectivity index (χ0n) is 33.7. The highest BCUT2D eigenvalue weighted by Crippen LogP contribution is 2.29. The molecule has 0 spiro atoms. The van der Waals surface area contributed by atoms with E-state index in [0.29, 0.717) is 18.9 Å². The van der Waals surface area contributed by atoms with Gasteiger partial charge in [-0.1, -0.05) is 147 Å². The zero-order chi connectivity index (χ0) is 37.1. The van der Waals surface area contributed by atoms with Crippen LogP contribution in [0, 0.1) is 5.92 Å². The first kappa shape index (κ1) is 44.0. The second kappa shape index (κ2) is 28.1. The van der Waals surface area contributed by atoms with Crippen LogP contribution in [0.5, 0.6) is 5.75 Å². The Labute approximate surface area is 319 Å². The lowest BCUT2D eigenvalue weighted by Gasteiger charge is -2.34. The van der Waals surface area contributed by atoms with Crippen LogP contribution >= 0.6 is 0 Å². The molecule has 1 saturated heterocycles. The van der Waals surface area contributed by atoms with E-state index in [2.05, 4.69) is 73.0 Å². The Hall–Kier alpha value is -2.41. The van der Waals surface area contributed by atoms with Gasteiger partial charge in [0.05, 0.1) is 13.2 Å². The van der Waals surface area contributed by atoms with Crippen LogP contribution in [0.15, 0.2) is 42.5 Å². The molecule has 0 aromatic heterocycles. The van der Waals surface area contributed by atoms with E-state index >= 15 is 0 Å². The third-order valence-corrected chi connectivity index (χ3v) is 11.0. The topological polar surface area (TPSA) is 62.2 Å². The number of β-amino-alcohol motifs (C(OH)–C–C–N with tert-alkyl or cyclic N) is 1. The first-order chi connectivity index (χ1) is 25.5. The quantitative estimate of drug-likeness (QED) is 0.0640. The van der Waals surface area contributed by atoms with Crippen molar-refractivity contribution >= 4 is 5.97 Å². The van der Waals surface area contributed by atoms with Crippen LogP contribution in [0.25, 0.3) is 11.1 Å². The molecule has 1 aliphatic rings. The fraction of sp³-hybridized carbons (Fsp3) is 0.717.